The molecule has 0 aliphatic heterocycles. The van der Waals surface area contributed by atoms with Crippen LogP contribution in [0.3, 0.4) is 0 Å². The van der Waals surface area contributed by atoms with Gasteiger partial charge in [0.2, 0.25) is 0 Å². The first kappa shape index (κ1) is 24.1. The number of aliphatic hydroxyl groups excluding tert-OH is 1. The first-order valence-corrected chi connectivity index (χ1v) is 9.86. The molecule has 13 heteroatoms. The van der Waals surface area contributed by atoms with Crippen molar-refractivity contribution in [1.82, 2.24) is 5.32 Å². The lowest BCUT2D eigenvalue weighted by atomic mass is 10.2. The van der Waals surface area contributed by atoms with Crippen LogP contribution in [0.25, 0.3) is 0 Å². The normalized spacial score (nSPS) is 12.7. The van der Waals surface area contributed by atoms with Crippen LogP contribution in [-0.2, 0) is 25.7 Å². The summed E-state index contributed by atoms with van der Waals surface area (Å²) in [4.78, 5) is 23.1. The topological polar surface area (TPSA) is 122 Å². The number of hydrogen-bond acceptors (Lipinski definition) is 6. The van der Waals surface area contributed by atoms with Crippen LogP contribution in [0.5, 0.6) is 0 Å². The molecule has 8 nitrogen and oxygen atoms in total. The van der Waals surface area contributed by atoms with Gasteiger partial charge in [0.15, 0.2) is 6.04 Å². The molecule has 0 aliphatic carbocycles. The summed E-state index contributed by atoms with van der Waals surface area (Å²) in [5.41, 5.74) is -2.22. The quantitative estimate of drug-likeness (QED) is 0.425. The summed E-state index contributed by atoms with van der Waals surface area (Å²) in [5, 5.41) is 11.3. The number of hydrogen-bond donors (Lipinski definition) is 3. The SMILES string of the molecule is COC(=O)C(CO)NC(=O)c1ccc(S(=O)(=O)Nc2ccc(F)c(C(F)(F)F)c2)cc1. The second kappa shape index (κ2) is 9.31. The van der Waals surface area contributed by atoms with E-state index < -0.39 is 62.7 Å². The molecule has 1 amide bonds. The van der Waals surface area contributed by atoms with Gasteiger partial charge in [-0.3, -0.25) is 9.52 Å². The van der Waals surface area contributed by atoms with E-state index in [1.165, 1.54) is 0 Å². The molecular weight excluding hydrogens is 448 g/mol. The monoisotopic (exact) mass is 464 g/mol. The van der Waals surface area contributed by atoms with Crippen molar-refractivity contribution < 1.29 is 45.4 Å². The van der Waals surface area contributed by atoms with Gasteiger partial charge in [-0.05, 0) is 42.5 Å². The highest BCUT2D eigenvalue weighted by Crippen LogP contribution is 2.33. The van der Waals surface area contributed by atoms with Crippen LogP contribution >= 0.6 is 0 Å². The highest BCUT2D eigenvalue weighted by atomic mass is 32.2. The smallest absolute Gasteiger partial charge is 0.419 e. The molecular formula is C18H16F4N2O6S. The number of amides is 1. The Bertz CT molecular complexity index is 1070. The van der Waals surface area contributed by atoms with Gasteiger partial charge in [-0.1, -0.05) is 0 Å². The molecule has 0 aliphatic rings. The summed E-state index contributed by atoms with van der Waals surface area (Å²) in [6, 6.07) is 4.46. The summed E-state index contributed by atoms with van der Waals surface area (Å²) in [7, 11) is -3.30. The number of esters is 1. The fraction of sp³-hybridized carbons (Fsp3) is 0.222. The third-order valence-electron chi connectivity index (χ3n) is 3.92. The van der Waals surface area contributed by atoms with Crippen molar-refractivity contribution in [2.24, 2.45) is 0 Å². The van der Waals surface area contributed by atoms with Crippen molar-refractivity contribution in [3.05, 3.63) is 59.4 Å². The van der Waals surface area contributed by atoms with Gasteiger partial charge in [0.05, 0.1) is 24.2 Å². The molecule has 0 aromatic heterocycles. The van der Waals surface area contributed by atoms with Crippen molar-refractivity contribution in [2.75, 3.05) is 18.4 Å². The maximum absolute atomic E-state index is 13.4. The Morgan fingerprint density at radius 3 is 2.26 bits per heavy atom. The van der Waals surface area contributed by atoms with Gasteiger partial charge in [-0.25, -0.2) is 17.6 Å². The first-order valence-electron chi connectivity index (χ1n) is 8.38. The average molecular weight is 464 g/mol. The molecule has 0 fully saturated rings. The molecule has 0 heterocycles. The molecule has 2 aromatic rings. The van der Waals surface area contributed by atoms with Crippen LogP contribution in [0.2, 0.25) is 0 Å². The summed E-state index contributed by atoms with van der Waals surface area (Å²) in [6.45, 7) is -0.730. The lowest BCUT2D eigenvalue weighted by Crippen LogP contribution is -2.44. The number of aliphatic hydroxyl groups is 1. The molecule has 0 radical (unpaired) electrons. The van der Waals surface area contributed by atoms with Crippen molar-refractivity contribution in [3.8, 4) is 0 Å². The minimum absolute atomic E-state index is 0.0672. The minimum Gasteiger partial charge on any atom is -0.467 e. The van der Waals surface area contributed by atoms with Crippen LogP contribution in [0.1, 0.15) is 15.9 Å². The average Bonchev–Trinajstić information content (AvgIpc) is 2.71. The molecule has 0 saturated carbocycles. The second-order valence-electron chi connectivity index (χ2n) is 6.05. The number of anilines is 1. The number of nitrogens with one attached hydrogen (secondary N) is 2. The molecule has 168 valence electrons. The maximum atomic E-state index is 13.4. The zero-order valence-electron chi connectivity index (χ0n) is 15.7. The third-order valence-corrected chi connectivity index (χ3v) is 5.32. The number of ether oxygens (including phenoxy) is 1. The van der Waals surface area contributed by atoms with Crippen LogP contribution in [0, 0.1) is 5.82 Å². The van der Waals surface area contributed by atoms with Crippen molar-refractivity contribution in [3.63, 3.8) is 0 Å². The number of methoxy groups -OCH3 is 1. The fourth-order valence-electron chi connectivity index (χ4n) is 2.37. The molecule has 2 aromatic carbocycles. The van der Waals surface area contributed by atoms with E-state index in [2.05, 4.69) is 10.1 Å². The van der Waals surface area contributed by atoms with E-state index in [9.17, 15) is 35.6 Å². The maximum Gasteiger partial charge on any atom is 0.419 e. The zero-order valence-corrected chi connectivity index (χ0v) is 16.6. The molecule has 2 rings (SSSR count). The predicted octanol–water partition coefficient (Wildman–Crippen LogP) is 1.91. The molecule has 1 atom stereocenters. The number of carbonyl (C=O) groups excluding carboxylic acids is 2. The van der Waals surface area contributed by atoms with Crippen molar-refractivity contribution in [2.45, 2.75) is 17.1 Å². The molecule has 0 bridgehead atoms. The Hall–Kier alpha value is -3.19. The first-order chi connectivity index (χ1) is 14.4. The summed E-state index contributed by atoms with van der Waals surface area (Å²) in [6.07, 6.45) is -5.02. The highest BCUT2D eigenvalue weighted by molar-refractivity contribution is 7.92. The van der Waals surface area contributed by atoms with E-state index in [-0.39, 0.29) is 5.56 Å². The van der Waals surface area contributed by atoms with E-state index in [1.54, 1.807) is 0 Å². The zero-order chi connectivity index (χ0) is 23.4. The molecule has 1 unspecified atom stereocenters. The Kier molecular flexibility index (Phi) is 7.23. The Balaban J connectivity index is 2.20. The molecule has 0 spiro atoms. The standard InChI is InChI=1S/C18H16F4N2O6S/c1-30-17(27)15(9-25)23-16(26)10-2-5-12(6-3-10)31(28,29)24-11-4-7-14(19)13(8-11)18(20,21)22/h2-8,15,24-25H,9H2,1H3,(H,23,26). The van der Waals surface area contributed by atoms with E-state index in [4.69, 9.17) is 5.11 Å². The van der Waals surface area contributed by atoms with Gasteiger partial charge in [0, 0.05) is 11.3 Å². The Labute approximate surface area is 173 Å². The van der Waals surface area contributed by atoms with Crippen LogP contribution < -0.4 is 10.0 Å². The largest absolute Gasteiger partial charge is 0.467 e. The number of alkyl halides is 3. The number of benzene rings is 2. The van der Waals surface area contributed by atoms with Crippen LogP contribution in [0.4, 0.5) is 23.2 Å². The van der Waals surface area contributed by atoms with Gasteiger partial charge in [-0.2, -0.15) is 13.2 Å². The van der Waals surface area contributed by atoms with E-state index in [1.807, 2.05) is 4.72 Å². The highest BCUT2D eigenvalue weighted by Gasteiger charge is 2.34. The van der Waals surface area contributed by atoms with E-state index in [0.29, 0.717) is 12.1 Å². The van der Waals surface area contributed by atoms with Gasteiger partial charge in [0.1, 0.15) is 5.82 Å². The van der Waals surface area contributed by atoms with Crippen LogP contribution in [0.15, 0.2) is 47.4 Å². The molecule has 0 saturated heterocycles. The van der Waals surface area contributed by atoms with E-state index in [0.717, 1.165) is 37.4 Å². The second-order valence-corrected chi connectivity index (χ2v) is 7.74. The molecule has 3 N–H and O–H groups in total. The third kappa shape index (κ3) is 5.92. The number of carbonyl (C=O) groups is 2. The lowest BCUT2D eigenvalue weighted by molar-refractivity contribution is -0.144. The van der Waals surface area contributed by atoms with Gasteiger partial charge >= 0.3 is 12.1 Å². The van der Waals surface area contributed by atoms with Gasteiger partial charge in [-0.15, -0.1) is 0 Å². The molecule has 31 heavy (non-hydrogen) atoms. The van der Waals surface area contributed by atoms with Crippen molar-refractivity contribution >= 4 is 27.6 Å². The number of rotatable bonds is 7. The Morgan fingerprint density at radius 2 is 1.74 bits per heavy atom. The predicted molar refractivity (Wildman–Crippen MR) is 99.0 cm³/mol. The summed E-state index contributed by atoms with van der Waals surface area (Å²) in [5.74, 6) is -3.26. The minimum atomic E-state index is -5.02. The fourth-order valence-corrected chi connectivity index (χ4v) is 3.42. The lowest BCUT2D eigenvalue weighted by Gasteiger charge is -2.14. The van der Waals surface area contributed by atoms with E-state index >= 15 is 0 Å². The summed E-state index contributed by atoms with van der Waals surface area (Å²) < 4.78 is 82.8. The van der Waals surface area contributed by atoms with Crippen LogP contribution in [-0.4, -0.2) is 45.2 Å². The van der Waals surface area contributed by atoms with Gasteiger partial charge < -0.3 is 15.2 Å². The number of sulfonamides is 1. The number of halogens is 4. The van der Waals surface area contributed by atoms with Crippen molar-refractivity contribution in [1.29, 1.82) is 0 Å². The Morgan fingerprint density at radius 1 is 1.13 bits per heavy atom. The summed E-state index contributed by atoms with van der Waals surface area (Å²) >= 11 is 0. The van der Waals surface area contributed by atoms with Gasteiger partial charge in [0.25, 0.3) is 15.9 Å².